The van der Waals surface area contributed by atoms with E-state index in [1.54, 1.807) is 18.2 Å². The predicted molar refractivity (Wildman–Crippen MR) is 110 cm³/mol. The number of hydrogen-bond donors (Lipinski definition) is 1. The number of para-hydroxylation sites is 1. The molecule has 1 N–H and O–H groups in total. The van der Waals surface area contributed by atoms with Crippen molar-refractivity contribution >= 4 is 23.6 Å². The molecule has 28 heavy (non-hydrogen) atoms. The molecule has 5 heteroatoms. The molecule has 0 atom stereocenters. The van der Waals surface area contributed by atoms with E-state index in [2.05, 4.69) is 41.2 Å². The van der Waals surface area contributed by atoms with Crippen molar-refractivity contribution in [2.75, 3.05) is 5.01 Å². The first-order chi connectivity index (χ1) is 13.5. The Morgan fingerprint density at radius 1 is 0.857 bits per heavy atom. The number of amides is 2. The van der Waals surface area contributed by atoms with Gasteiger partial charge >= 0.3 is 0 Å². The van der Waals surface area contributed by atoms with Crippen molar-refractivity contribution in [3.63, 3.8) is 0 Å². The van der Waals surface area contributed by atoms with Gasteiger partial charge in [-0.25, -0.2) is 5.01 Å². The first-order valence-electron chi connectivity index (χ1n) is 9.14. The van der Waals surface area contributed by atoms with E-state index in [9.17, 15) is 9.59 Å². The van der Waals surface area contributed by atoms with Gasteiger partial charge in [0.05, 0.1) is 5.69 Å². The van der Waals surface area contributed by atoms with Gasteiger partial charge in [0.2, 0.25) is 0 Å². The lowest BCUT2D eigenvalue weighted by atomic mass is 10.1. The monoisotopic (exact) mass is 371 g/mol. The number of nitrogens with zero attached hydrogens (tertiary/aromatic N) is 2. The Morgan fingerprint density at radius 2 is 1.54 bits per heavy atom. The number of hydrogen-bond acceptors (Lipinski definition) is 2. The van der Waals surface area contributed by atoms with Crippen LogP contribution in [0, 0.1) is 20.8 Å². The molecule has 2 amide bonds. The van der Waals surface area contributed by atoms with Crippen molar-refractivity contribution in [2.24, 2.45) is 0 Å². The molecule has 0 spiro atoms. The van der Waals surface area contributed by atoms with E-state index < -0.39 is 5.91 Å². The molecule has 0 aliphatic carbocycles. The summed E-state index contributed by atoms with van der Waals surface area (Å²) in [6.07, 6.45) is 1.67. The molecule has 1 saturated heterocycles. The third kappa shape index (κ3) is 3.01. The minimum absolute atomic E-state index is 0.132. The average molecular weight is 371 g/mol. The fourth-order valence-corrected chi connectivity index (χ4v) is 3.50. The minimum Gasteiger partial charge on any atom is -0.318 e. The Hall–Kier alpha value is -3.60. The molecule has 3 aromatic rings. The lowest BCUT2D eigenvalue weighted by Gasteiger charge is -2.13. The molecule has 0 saturated carbocycles. The molecular weight excluding hydrogens is 350 g/mol. The van der Waals surface area contributed by atoms with E-state index in [1.165, 1.54) is 10.6 Å². The van der Waals surface area contributed by atoms with Gasteiger partial charge in [-0.15, -0.1) is 0 Å². The van der Waals surface area contributed by atoms with Crippen molar-refractivity contribution in [1.29, 1.82) is 0 Å². The second-order valence-corrected chi connectivity index (χ2v) is 6.97. The van der Waals surface area contributed by atoms with E-state index in [4.69, 9.17) is 0 Å². The molecule has 5 nitrogen and oxygen atoms in total. The van der Waals surface area contributed by atoms with Crippen LogP contribution in [0.25, 0.3) is 11.8 Å². The molecule has 140 valence electrons. The maximum absolute atomic E-state index is 12.8. The average Bonchev–Trinajstić information content (AvgIpc) is 3.13. The summed E-state index contributed by atoms with van der Waals surface area (Å²) in [6, 6.07) is 19.3. The van der Waals surface area contributed by atoms with E-state index in [0.29, 0.717) is 5.69 Å². The fourth-order valence-electron chi connectivity index (χ4n) is 3.50. The summed E-state index contributed by atoms with van der Waals surface area (Å²) in [7, 11) is 0. The van der Waals surface area contributed by atoms with Crippen LogP contribution in [0.3, 0.4) is 0 Å². The Labute approximate surface area is 163 Å². The Bertz CT molecular complexity index is 1090. The maximum Gasteiger partial charge on any atom is 0.282 e. The van der Waals surface area contributed by atoms with Gasteiger partial charge in [-0.2, -0.15) is 0 Å². The van der Waals surface area contributed by atoms with E-state index in [-0.39, 0.29) is 11.5 Å². The smallest absolute Gasteiger partial charge is 0.282 e. The molecule has 2 heterocycles. The van der Waals surface area contributed by atoms with Gasteiger partial charge < -0.3 is 4.57 Å². The number of aromatic nitrogens is 1. The molecule has 1 aromatic heterocycles. The summed E-state index contributed by atoms with van der Waals surface area (Å²) >= 11 is 0. The summed E-state index contributed by atoms with van der Waals surface area (Å²) < 4.78 is 2.12. The van der Waals surface area contributed by atoms with Crippen LogP contribution in [0.5, 0.6) is 0 Å². The number of carbonyl (C=O) groups excluding carboxylic acids is 2. The topological polar surface area (TPSA) is 54.3 Å². The van der Waals surface area contributed by atoms with Gasteiger partial charge in [0.1, 0.15) is 5.57 Å². The minimum atomic E-state index is -0.394. The molecular formula is C23H21N3O2. The first-order valence-corrected chi connectivity index (χ1v) is 9.14. The zero-order valence-electron chi connectivity index (χ0n) is 16.1. The van der Waals surface area contributed by atoms with E-state index >= 15 is 0 Å². The van der Waals surface area contributed by atoms with Crippen LogP contribution in [-0.2, 0) is 9.59 Å². The third-order valence-corrected chi connectivity index (χ3v) is 4.97. The highest BCUT2D eigenvalue weighted by atomic mass is 16.2. The molecule has 0 radical (unpaired) electrons. The summed E-state index contributed by atoms with van der Waals surface area (Å²) in [6.45, 7) is 6.06. The summed E-state index contributed by atoms with van der Waals surface area (Å²) in [5.41, 5.74) is 8.53. The zero-order valence-corrected chi connectivity index (χ0v) is 16.1. The van der Waals surface area contributed by atoms with Crippen LogP contribution in [0.4, 0.5) is 5.69 Å². The summed E-state index contributed by atoms with van der Waals surface area (Å²) in [5.74, 6) is -0.745. The third-order valence-electron chi connectivity index (χ3n) is 4.97. The van der Waals surface area contributed by atoms with Gasteiger partial charge in [0.15, 0.2) is 0 Å². The zero-order chi connectivity index (χ0) is 19.8. The van der Waals surface area contributed by atoms with Crippen molar-refractivity contribution in [3.05, 3.63) is 88.8 Å². The first kappa shape index (κ1) is 17.8. The van der Waals surface area contributed by atoms with Gasteiger partial charge in [-0.1, -0.05) is 35.9 Å². The van der Waals surface area contributed by atoms with E-state index in [0.717, 1.165) is 22.6 Å². The van der Waals surface area contributed by atoms with E-state index in [1.807, 2.05) is 38.1 Å². The van der Waals surface area contributed by atoms with Gasteiger partial charge in [-0.05, 0) is 62.7 Å². The number of rotatable bonds is 3. The SMILES string of the molecule is Cc1ccc(-n2c(C)cc(/C=C3\C(=O)NN(c4ccccc4)C3=O)c2C)cc1. The number of carbonyl (C=O) groups is 2. The summed E-state index contributed by atoms with van der Waals surface area (Å²) in [5, 5.41) is 1.29. The van der Waals surface area contributed by atoms with Crippen molar-refractivity contribution in [3.8, 4) is 5.69 Å². The van der Waals surface area contributed by atoms with Gasteiger partial charge in [0.25, 0.3) is 11.8 Å². The second kappa shape index (κ2) is 6.85. The standard InChI is InChI=1S/C23H21N3O2/c1-15-9-11-19(12-10-15)25-16(2)13-18(17(25)3)14-21-22(27)24-26(23(21)28)20-7-5-4-6-8-20/h4-14H,1-3H3,(H,24,27)/b21-14+. The van der Waals surface area contributed by atoms with Crippen LogP contribution in [0.1, 0.15) is 22.5 Å². The number of hydrazine groups is 1. The largest absolute Gasteiger partial charge is 0.318 e. The number of anilines is 1. The number of aryl methyl sites for hydroxylation is 2. The second-order valence-electron chi connectivity index (χ2n) is 6.97. The van der Waals surface area contributed by atoms with Crippen LogP contribution in [0.2, 0.25) is 0 Å². The van der Waals surface area contributed by atoms with Crippen LogP contribution in [-0.4, -0.2) is 16.4 Å². The lowest BCUT2D eigenvalue weighted by molar-refractivity contribution is -0.117. The van der Waals surface area contributed by atoms with Crippen LogP contribution in [0.15, 0.2) is 66.2 Å². The maximum atomic E-state index is 12.8. The molecule has 1 aliphatic rings. The molecule has 2 aromatic carbocycles. The lowest BCUT2D eigenvalue weighted by Crippen LogP contribution is -2.35. The van der Waals surface area contributed by atoms with Crippen LogP contribution >= 0.6 is 0 Å². The fraction of sp³-hybridized carbons (Fsp3) is 0.130. The Balaban J connectivity index is 1.71. The molecule has 1 aliphatic heterocycles. The highest BCUT2D eigenvalue weighted by Crippen LogP contribution is 2.26. The van der Waals surface area contributed by atoms with Crippen molar-refractivity contribution in [2.45, 2.75) is 20.8 Å². The number of benzene rings is 2. The quantitative estimate of drug-likeness (QED) is 0.561. The van der Waals surface area contributed by atoms with Crippen molar-refractivity contribution in [1.82, 2.24) is 9.99 Å². The highest BCUT2D eigenvalue weighted by molar-refractivity contribution is 6.31. The Kier molecular flexibility index (Phi) is 4.35. The van der Waals surface area contributed by atoms with Crippen molar-refractivity contribution < 1.29 is 9.59 Å². The normalized spacial score (nSPS) is 15.4. The van der Waals surface area contributed by atoms with Gasteiger partial charge in [-0.3, -0.25) is 15.0 Å². The molecule has 0 unspecified atom stereocenters. The highest BCUT2D eigenvalue weighted by Gasteiger charge is 2.34. The summed E-state index contributed by atoms with van der Waals surface area (Å²) in [4.78, 5) is 25.2. The molecule has 0 bridgehead atoms. The van der Waals surface area contributed by atoms with Gasteiger partial charge in [0, 0.05) is 17.1 Å². The molecule has 4 rings (SSSR count). The number of nitrogens with one attached hydrogen (secondary N) is 1. The predicted octanol–water partition coefficient (Wildman–Crippen LogP) is 3.86. The Morgan fingerprint density at radius 3 is 2.21 bits per heavy atom. The van der Waals surface area contributed by atoms with Crippen LogP contribution < -0.4 is 10.4 Å². The molecule has 1 fully saturated rings.